The van der Waals surface area contributed by atoms with Gasteiger partial charge in [-0.3, -0.25) is 9.79 Å². The lowest BCUT2D eigenvalue weighted by Gasteiger charge is -2.09. The van der Waals surface area contributed by atoms with Crippen molar-refractivity contribution >= 4 is 17.2 Å². The van der Waals surface area contributed by atoms with E-state index in [1.165, 1.54) is 0 Å². The van der Waals surface area contributed by atoms with Gasteiger partial charge in [-0.05, 0) is 43.5 Å². The van der Waals surface area contributed by atoms with Crippen LogP contribution in [0.15, 0.2) is 41.4 Å². The highest BCUT2D eigenvalue weighted by molar-refractivity contribution is 6.02. The number of carbonyl (C=O) groups excluding carboxylic acids is 1. The first-order valence-corrected chi connectivity index (χ1v) is 7.71. The van der Waals surface area contributed by atoms with Crippen molar-refractivity contribution < 1.29 is 4.79 Å². The second-order valence-electron chi connectivity index (χ2n) is 5.34. The monoisotopic (exact) mass is 294 g/mol. The fourth-order valence-corrected chi connectivity index (χ4v) is 2.37. The molecule has 0 radical (unpaired) electrons. The molecule has 2 rings (SSSR count). The van der Waals surface area contributed by atoms with Crippen LogP contribution in [0.25, 0.3) is 0 Å². The molecule has 0 amide bonds. The number of Topliss-reactive ketones (excluding diaryl/α,β-unsaturated/α-hetero) is 1. The Morgan fingerprint density at radius 1 is 0.955 bits per heavy atom. The van der Waals surface area contributed by atoms with E-state index in [9.17, 15) is 4.79 Å². The minimum absolute atomic E-state index is 0.0596. The van der Waals surface area contributed by atoms with Crippen molar-refractivity contribution in [3.8, 4) is 0 Å². The van der Waals surface area contributed by atoms with Crippen LogP contribution in [0.2, 0.25) is 0 Å². The quantitative estimate of drug-likeness (QED) is 0.586. The molecule has 1 aromatic carbocycles. The molecule has 22 heavy (non-hydrogen) atoms. The van der Waals surface area contributed by atoms with Gasteiger partial charge in [0.2, 0.25) is 0 Å². The Kier molecular flexibility index (Phi) is 5.21. The summed E-state index contributed by atoms with van der Waals surface area (Å²) in [6.45, 7) is 8.03. The van der Waals surface area contributed by atoms with Crippen molar-refractivity contribution in [2.75, 3.05) is 0 Å². The van der Waals surface area contributed by atoms with E-state index in [2.05, 4.69) is 37.9 Å². The Hall–Kier alpha value is -2.29. The summed E-state index contributed by atoms with van der Waals surface area (Å²) in [6.07, 6.45) is 1.23. The summed E-state index contributed by atoms with van der Waals surface area (Å²) in [5.41, 5.74) is 5.49. The molecule has 0 atom stereocenters. The van der Waals surface area contributed by atoms with Crippen molar-refractivity contribution in [3.63, 3.8) is 0 Å². The molecule has 0 spiro atoms. The number of benzene rings is 1. The van der Waals surface area contributed by atoms with Crippen LogP contribution < -0.4 is 0 Å². The normalized spacial score (nSPS) is 11.5. The van der Waals surface area contributed by atoms with Gasteiger partial charge in [0.15, 0.2) is 5.78 Å². The largest absolute Gasteiger partial charge is 0.292 e. The highest BCUT2D eigenvalue weighted by Crippen LogP contribution is 2.24. The summed E-state index contributed by atoms with van der Waals surface area (Å²) in [4.78, 5) is 21.1. The minimum Gasteiger partial charge on any atom is -0.292 e. The van der Waals surface area contributed by atoms with Gasteiger partial charge in [0.05, 0.1) is 17.1 Å². The maximum Gasteiger partial charge on any atom is 0.180 e. The molecule has 2 aromatic rings. The third-order valence-electron chi connectivity index (χ3n) is 3.67. The first kappa shape index (κ1) is 16.1. The maximum absolute atomic E-state index is 11.8. The summed E-state index contributed by atoms with van der Waals surface area (Å²) >= 11 is 0. The van der Waals surface area contributed by atoms with Gasteiger partial charge < -0.3 is 0 Å². The zero-order valence-electron chi connectivity index (χ0n) is 13.7. The smallest absolute Gasteiger partial charge is 0.180 e. The van der Waals surface area contributed by atoms with Crippen LogP contribution in [0.5, 0.6) is 0 Å². The molecule has 0 aliphatic heterocycles. The van der Waals surface area contributed by atoms with Crippen molar-refractivity contribution in [2.45, 2.75) is 40.5 Å². The molecule has 1 heterocycles. The van der Waals surface area contributed by atoms with Gasteiger partial charge in [0.25, 0.3) is 0 Å². The molecule has 0 saturated heterocycles. The predicted molar refractivity (Wildman–Crippen MR) is 91.3 cm³/mol. The SMILES string of the molecule is CCC(=O)c1cccc(C(CC)=Nc2c(C)cccc2C)n1. The highest BCUT2D eigenvalue weighted by Gasteiger charge is 2.10. The van der Waals surface area contributed by atoms with Crippen molar-refractivity contribution in [1.82, 2.24) is 4.98 Å². The predicted octanol–water partition coefficient (Wildman–Crippen LogP) is 4.82. The second-order valence-corrected chi connectivity index (χ2v) is 5.34. The van der Waals surface area contributed by atoms with Crippen LogP contribution in [0.3, 0.4) is 0 Å². The first-order chi connectivity index (χ1) is 10.6. The number of aromatic nitrogens is 1. The standard InChI is InChI=1S/C19H22N2O/c1-5-15(21-19-13(3)9-7-10-14(19)4)16-11-8-12-17(20-16)18(22)6-2/h7-12H,5-6H2,1-4H3. The average molecular weight is 294 g/mol. The van der Waals surface area contributed by atoms with E-state index in [1.807, 2.05) is 25.1 Å². The summed E-state index contributed by atoms with van der Waals surface area (Å²) in [7, 11) is 0. The maximum atomic E-state index is 11.8. The number of hydrogen-bond donors (Lipinski definition) is 0. The Bertz CT molecular complexity index is 697. The fourth-order valence-electron chi connectivity index (χ4n) is 2.37. The van der Waals surface area contributed by atoms with Gasteiger partial charge in [-0.2, -0.15) is 0 Å². The molecule has 0 aliphatic rings. The van der Waals surface area contributed by atoms with Crippen LogP contribution >= 0.6 is 0 Å². The molecule has 1 aromatic heterocycles. The number of aliphatic imine (C=N–C) groups is 1. The zero-order valence-corrected chi connectivity index (χ0v) is 13.7. The molecule has 0 fully saturated rings. The van der Waals surface area contributed by atoms with Crippen LogP contribution in [0.1, 0.15) is 54.0 Å². The molecule has 3 nitrogen and oxygen atoms in total. The lowest BCUT2D eigenvalue weighted by atomic mass is 10.1. The Labute approximate surface area is 132 Å². The number of para-hydroxylation sites is 1. The van der Waals surface area contributed by atoms with Crippen molar-refractivity contribution in [3.05, 3.63) is 58.9 Å². The molecule has 3 heteroatoms. The fraction of sp³-hybridized carbons (Fsp3) is 0.316. The summed E-state index contributed by atoms with van der Waals surface area (Å²) < 4.78 is 0. The van der Waals surface area contributed by atoms with Crippen molar-refractivity contribution in [1.29, 1.82) is 0 Å². The summed E-state index contributed by atoms with van der Waals surface area (Å²) in [6, 6.07) is 11.7. The van der Waals surface area contributed by atoms with Gasteiger partial charge in [-0.25, -0.2) is 4.98 Å². The van der Waals surface area contributed by atoms with Gasteiger partial charge >= 0.3 is 0 Å². The molecule has 0 N–H and O–H groups in total. The van der Waals surface area contributed by atoms with Gasteiger partial charge in [0.1, 0.15) is 5.69 Å². The van der Waals surface area contributed by atoms with E-state index in [1.54, 1.807) is 6.07 Å². The number of pyridine rings is 1. The Morgan fingerprint density at radius 2 is 1.55 bits per heavy atom. The summed E-state index contributed by atoms with van der Waals surface area (Å²) in [5, 5.41) is 0. The topological polar surface area (TPSA) is 42.3 Å². The van der Waals surface area contributed by atoms with Crippen LogP contribution in [0.4, 0.5) is 5.69 Å². The zero-order chi connectivity index (χ0) is 16.1. The van der Waals surface area contributed by atoms with E-state index in [4.69, 9.17) is 4.99 Å². The van der Waals surface area contributed by atoms with Gasteiger partial charge in [0, 0.05) is 6.42 Å². The van der Waals surface area contributed by atoms with Crippen LogP contribution in [0, 0.1) is 13.8 Å². The second kappa shape index (κ2) is 7.12. The van der Waals surface area contributed by atoms with E-state index in [0.717, 1.165) is 34.6 Å². The Balaban J connectivity index is 2.48. The number of ketones is 1. The molecule has 0 saturated carbocycles. The number of carbonyl (C=O) groups is 1. The third kappa shape index (κ3) is 3.48. The number of hydrogen-bond acceptors (Lipinski definition) is 3. The number of aryl methyl sites for hydroxylation is 2. The lowest BCUT2D eigenvalue weighted by Crippen LogP contribution is -2.07. The Morgan fingerprint density at radius 3 is 2.14 bits per heavy atom. The van der Waals surface area contributed by atoms with Crippen molar-refractivity contribution in [2.24, 2.45) is 4.99 Å². The van der Waals surface area contributed by atoms with Crippen LogP contribution in [-0.4, -0.2) is 16.5 Å². The average Bonchev–Trinajstić information content (AvgIpc) is 2.54. The molecule has 114 valence electrons. The van der Waals surface area contributed by atoms with E-state index >= 15 is 0 Å². The highest BCUT2D eigenvalue weighted by atomic mass is 16.1. The molecular weight excluding hydrogens is 272 g/mol. The lowest BCUT2D eigenvalue weighted by molar-refractivity contribution is 0.0983. The summed E-state index contributed by atoms with van der Waals surface area (Å²) in [5.74, 6) is 0.0596. The van der Waals surface area contributed by atoms with Gasteiger partial charge in [-0.15, -0.1) is 0 Å². The minimum atomic E-state index is 0.0596. The first-order valence-electron chi connectivity index (χ1n) is 7.71. The number of rotatable bonds is 5. The van der Waals surface area contributed by atoms with Crippen LogP contribution in [-0.2, 0) is 0 Å². The number of nitrogens with zero attached hydrogens (tertiary/aromatic N) is 2. The van der Waals surface area contributed by atoms with E-state index in [0.29, 0.717) is 12.1 Å². The third-order valence-corrected chi connectivity index (χ3v) is 3.67. The molecule has 0 bridgehead atoms. The molecule has 0 aliphatic carbocycles. The molecular formula is C19H22N2O. The molecule has 0 unspecified atom stereocenters. The van der Waals surface area contributed by atoms with E-state index in [-0.39, 0.29) is 5.78 Å². The van der Waals surface area contributed by atoms with Gasteiger partial charge in [-0.1, -0.05) is 38.1 Å². The van der Waals surface area contributed by atoms with E-state index < -0.39 is 0 Å².